The Morgan fingerprint density at radius 2 is 2.03 bits per heavy atom. The van der Waals surface area contributed by atoms with Gasteiger partial charge in [-0.1, -0.05) is 30.3 Å². The number of H-pyrrole nitrogens is 1. The minimum absolute atomic E-state index is 0.0463. The van der Waals surface area contributed by atoms with Gasteiger partial charge in [-0.25, -0.2) is 0 Å². The van der Waals surface area contributed by atoms with Gasteiger partial charge in [0.15, 0.2) is 11.5 Å². The highest BCUT2D eigenvalue weighted by molar-refractivity contribution is 9.10. The van der Waals surface area contributed by atoms with Crippen molar-refractivity contribution in [2.45, 2.75) is 26.4 Å². The molecule has 1 aromatic heterocycles. The molecule has 7 nitrogen and oxygen atoms in total. The first-order chi connectivity index (χ1) is 15.0. The number of halogens is 1. The van der Waals surface area contributed by atoms with Gasteiger partial charge in [-0.15, -0.1) is 5.10 Å². The highest BCUT2D eigenvalue weighted by atomic mass is 79.9. The number of aromatic amines is 1. The van der Waals surface area contributed by atoms with Crippen LogP contribution in [0, 0.1) is 18.3 Å². The van der Waals surface area contributed by atoms with Crippen LogP contribution in [0.2, 0.25) is 0 Å². The lowest BCUT2D eigenvalue weighted by Crippen LogP contribution is -2.21. The van der Waals surface area contributed by atoms with Crippen molar-refractivity contribution in [1.82, 2.24) is 10.2 Å². The number of nitrogens with zero attached hydrogens (tertiary/aromatic N) is 2. The average Bonchev–Trinajstić information content (AvgIpc) is 3.13. The third kappa shape index (κ3) is 3.97. The zero-order chi connectivity index (χ0) is 22.0. The SMILES string of the molecule is CCOc1cc([C@@H]2C(C#N)=C(N)Oc3n[nH]c(C)c32)cc(Br)c1OCc1ccccc1. The maximum absolute atomic E-state index is 9.79. The molecule has 3 N–H and O–H groups in total. The number of benzene rings is 2. The fraction of sp³-hybridized carbons (Fsp3) is 0.217. The van der Waals surface area contributed by atoms with Gasteiger partial charge in [-0.05, 0) is 53.0 Å². The van der Waals surface area contributed by atoms with Crippen molar-refractivity contribution >= 4 is 15.9 Å². The molecule has 0 amide bonds. The molecule has 0 fully saturated rings. The van der Waals surface area contributed by atoms with Crippen LogP contribution in [0.4, 0.5) is 0 Å². The summed E-state index contributed by atoms with van der Waals surface area (Å²) in [5, 5.41) is 16.9. The van der Waals surface area contributed by atoms with Gasteiger partial charge in [-0.3, -0.25) is 5.10 Å². The summed E-state index contributed by atoms with van der Waals surface area (Å²) < 4.78 is 18.2. The molecule has 1 aliphatic heterocycles. The van der Waals surface area contributed by atoms with Gasteiger partial charge in [0, 0.05) is 11.3 Å². The van der Waals surface area contributed by atoms with E-state index in [0.717, 1.165) is 26.9 Å². The smallest absolute Gasteiger partial charge is 0.244 e. The minimum atomic E-state index is -0.439. The van der Waals surface area contributed by atoms with Crippen molar-refractivity contribution in [3.63, 3.8) is 0 Å². The Hall–Kier alpha value is -3.44. The molecular formula is C23H21BrN4O3. The molecule has 1 aliphatic rings. The van der Waals surface area contributed by atoms with E-state index in [1.165, 1.54) is 0 Å². The van der Waals surface area contributed by atoms with Crippen molar-refractivity contribution in [2.24, 2.45) is 5.73 Å². The van der Waals surface area contributed by atoms with E-state index in [1.54, 1.807) is 0 Å². The van der Waals surface area contributed by atoms with Crippen LogP contribution in [0.25, 0.3) is 0 Å². The maximum Gasteiger partial charge on any atom is 0.244 e. The second-order valence-electron chi connectivity index (χ2n) is 7.03. The zero-order valence-corrected chi connectivity index (χ0v) is 18.7. The Morgan fingerprint density at radius 3 is 2.74 bits per heavy atom. The van der Waals surface area contributed by atoms with Crippen molar-refractivity contribution < 1.29 is 14.2 Å². The fourth-order valence-corrected chi connectivity index (χ4v) is 4.19. The molecule has 4 rings (SSSR count). The number of aromatic nitrogens is 2. The van der Waals surface area contributed by atoms with E-state index in [4.69, 9.17) is 19.9 Å². The Labute approximate surface area is 188 Å². The molecule has 2 aromatic carbocycles. The topological polar surface area (TPSA) is 106 Å². The van der Waals surface area contributed by atoms with Crippen LogP contribution in [-0.4, -0.2) is 16.8 Å². The predicted molar refractivity (Wildman–Crippen MR) is 119 cm³/mol. The zero-order valence-electron chi connectivity index (χ0n) is 17.1. The molecule has 0 aliphatic carbocycles. The van der Waals surface area contributed by atoms with E-state index in [0.29, 0.717) is 36.2 Å². The summed E-state index contributed by atoms with van der Waals surface area (Å²) >= 11 is 3.62. The summed E-state index contributed by atoms with van der Waals surface area (Å²) in [5.41, 5.74) is 9.80. The summed E-state index contributed by atoms with van der Waals surface area (Å²) in [6, 6.07) is 15.9. The summed E-state index contributed by atoms with van der Waals surface area (Å²) in [4.78, 5) is 0. The van der Waals surface area contributed by atoms with E-state index >= 15 is 0 Å². The molecule has 8 heteroatoms. The minimum Gasteiger partial charge on any atom is -0.490 e. The Kier molecular flexibility index (Phi) is 5.87. The van der Waals surface area contributed by atoms with Crippen LogP contribution in [-0.2, 0) is 6.61 Å². The van der Waals surface area contributed by atoms with E-state index in [1.807, 2.05) is 56.3 Å². The summed E-state index contributed by atoms with van der Waals surface area (Å²) in [6.07, 6.45) is 0. The van der Waals surface area contributed by atoms with Crippen LogP contribution in [0.5, 0.6) is 17.4 Å². The van der Waals surface area contributed by atoms with E-state index in [-0.39, 0.29) is 5.88 Å². The molecular weight excluding hydrogens is 460 g/mol. The van der Waals surface area contributed by atoms with Crippen LogP contribution < -0.4 is 19.9 Å². The second-order valence-corrected chi connectivity index (χ2v) is 7.88. The van der Waals surface area contributed by atoms with E-state index in [9.17, 15) is 5.26 Å². The maximum atomic E-state index is 9.79. The number of aryl methyl sites for hydroxylation is 1. The number of nitrogens with one attached hydrogen (secondary N) is 1. The molecule has 0 unspecified atom stereocenters. The van der Waals surface area contributed by atoms with Gasteiger partial charge >= 0.3 is 0 Å². The quantitative estimate of drug-likeness (QED) is 0.530. The third-order valence-corrected chi connectivity index (χ3v) is 5.61. The lowest BCUT2D eigenvalue weighted by molar-refractivity contribution is 0.267. The Bertz CT molecular complexity index is 1180. The first kappa shape index (κ1) is 20.8. The number of rotatable bonds is 6. The van der Waals surface area contributed by atoms with Crippen LogP contribution in [0.15, 0.2) is 58.4 Å². The van der Waals surface area contributed by atoms with Crippen LogP contribution in [0.3, 0.4) is 0 Å². The first-order valence-corrected chi connectivity index (χ1v) is 10.6. The van der Waals surface area contributed by atoms with Gasteiger partial charge in [0.05, 0.1) is 17.0 Å². The molecule has 1 atom stereocenters. The highest BCUT2D eigenvalue weighted by Gasteiger charge is 2.35. The molecule has 2 heterocycles. The largest absolute Gasteiger partial charge is 0.490 e. The molecule has 0 saturated carbocycles. The number of hydrogen-bond acceptors (Lipinski definition) is 6. The first-order valence-electron chi connectivity index (χ1n) is 9.78. The number of fused-ring (bicyclic) bond motifs is 1. The third-order valence-electron chi connectivity index (χ3n) is 5.02. The van der Waals surface area contributed by atoms with Crippen LogP contribution in [0.1, 0.15) is 35.2 Å². The number of nitrogens with two attached hydrogens (primary N) is 1. The second kappa shape index (κ2) is 8.74. The molecule has 158 valence electrons. The Morgan fingerprint density at radius 1 is 1.26 bits per heavy atom. The van der Waals surface area contributed by atoms with Gasteiger partial charge in [0.1, 0.15) is 18.2 Å². The van der Waals surface area contributed by atoms with Gasteiger partial charge < -0.3 is 19.9 Å². The van der Waals surface area contributed by atoms with Crippen molar-refractivity contribution in [2.75, 3.05) is 6.61 Å². The monoisotopic (exact) mass is 480 g/mol. The van der Waals surface area contributed by atoms with Gasteiger partial charge in [0.2, 0.25) is 11.8 Å². The normalized spacial score (nSPS) is 15.1. The molecule has 3 aromatic rings. The lowest BCUT2D eigenvalue weighted by atomic mass is 9.84. The number of ether oxygens (including phenoxy) is 3. The molecule has 31 heavy (non-hydrogen) atoms. The lowest BCUT2D eigenvalue weighted by Gasteiger charge is -2.25. The predicted octanol–water partition coefficient (Wildman–Crippen LogP) is 4.68. The van der Waals surface area contributed by atoms with Crippen molar-refractivity contribution in [1.29, 1.82) is 5.26 Å². The van der Waals surface area contributed by atoms with Gasteiger partial charge in [-0.2, -0.15) is 5.26 Å². The highest BCUT2D eigenvalue weighted by Crippen LogP contribution is 2.46. The number of nitriles is 1. The molecule has 0 saturated heterocycles. The van der Waals surface area contributed by atoms with Crippen LogP contribution >= 0.6 is 15.9 Å². The Balaban J connectivity index is 1.77. The van der Waals surface area contributed by atoms with Crippen molar-refractivity contribution in [3.8, 4) is 23.4 Å². The molecule has 0 spiro atoms. The van der Waals surface area contributed by atoms with E-state index in [2.05, 4.69) is 32.2 Å². The standard InChI is InChI=1S/C23H21BrN4O3/c1-3-29-18-10-15(9-17(24)21(18)30-12-14-7-5-4-6-8-14)20-16(11-25)22(26)31-23-19(20)13(2)27-28-23/h4-10,20H,3,12,26H2,1-2H3,(H,27,28)/t20-/m1/s1. The summed E-state index contributed by atoms with van der Waals surface area (Å²) in [7, 11) is 0. The summed E-state index contributed by atoms with van der Waals surface area (Å²) in [5.74, 6) is 1.16. The number of allylic oxidation sites excluding steroid dienone is 1. The fourth-order valence-electron chi connectivity index (χ4n) is 3.62. The molecule has 0 radical (unpaired) electrons. The molecule has 0 bridgehead atoms. The van der Waals surface area contributed by atoms with Gasteiger partial charge in [0.25, 0.3) is 0 Å². The summed E-state index contributed by atoms with van der Waals surface area (Å²) in [6.45, 7) is 4.66. The van der Waals surface area contributed by atoms with E-state index < -0.39 is 5.92 Å². The van der Waals surface area contributed by atoms with Crippen molar-refractivity contribution in [3.05, 3.63) is 80.8 Å². The number of hydrogen-bond donors (Lipinski definition) is 2. The average molecular weight is 481 g/mol.